The summed E-state index contributed by atoms with van der Waals surface area (Å²) in [6.45, 7) is 0. The predicted octanol–water partition coefficient (Wildman–Crippen LogP) is -0.517. The van der Waals surface area contributed by atoms with Crippen molar-refractivity contribution in [3.8, 4) is 0 Å². The molecule has 1 rings (SSSR count). The van der Waals surface area contributed by atoms with Gasteiger partial charge in [-0.3, -0.25) is 10.1 Å². The van der Waals surface area contributed by atoms with Crippen LogP contribution in [0.3, 0.4) is 0 Å². The van der Waals surface area contributed by atoms with Crippen molar-refractivity contribution >= 4 is 11.9 Å². The average molecular weight is 155 g/mol. The van der Waals surface area contributed by atoms with Crippen LogP contribution in [0.1, 0.15) is 10.5 Å². The maximum absolute atomic E-state index is 10.8. The van der Waals surface area contributed by atoms with Crippen molar-refractivity contribution in [3.63, 3.8) is 0 Å². The number of aromatic nitrogens is 1. The molecule has 0 aromatic carbocycles. The van der Waals surface area contributed by atoms with Crippen molar-refractivity contribution in [1.29, 1.82) is 0 Å². The van der Waals surface area contributed by atoms with Crippen molar-refractivity contribution in [1.82, 2.24) is 10.5 Å². The zero-order valence-electron chi connectivity index (χ0n) is 5.40. The van der Waals surface area contributed by atoms with E-state index in [1.54, 1.807) is 0 Å². The third kappa shape index (κ3) is 1.78. The monoisotopic (exact) mass is 155 g/mol. The molecule has 0 aliphatic carbocycles. The molecule has 3 N–H and O–H groups in total. The molecule has 0 atom stereocenters. The molecule has 0 radical (unpaired) electrons. The van der Waals surface area contributed by atoms with E-state index in [4.69, 9.17) is 0 Å². The molecule has 0 aliphatic rings. The molecule has 58 valence electrons. The zero-order valence-corrected chi connectivity index (χ0v) is 5.40. The number of nitrogens with two attached hydrogens (primary N) is 1. The highest BCUT2D eigenvalue weighted by molar-refractivity contribution is 6.02. The second-order valence-electron chi connectivity index (χ2n) is 1.70. The third-order valence-electron chi connectivity index (χ3n) is 0.907. The smallest absolute Gasteiger partial charge is 0.319 e. The molecule has 6 heteroatoms. The fourth-order valence-electron chi connectivity index (χ4n) is 0.506. The van der Waals surface area contributed by atoms with Gasteiger partial charge in [0.2, 0.25) is 0 Å². The first-order valence-corrected chi connectivity index (χ1v) is 2.71. The average Bonchev–Trinajstić information content (AvgIpc) is 2.35. The molecule has 1 heterocycles. The highest BCUT2D eigenvalue weighted by atomic mass is 16.5. The number of hydrogen-bond donors (Lipinski definition) is 2. The number of nitrogens with one attached hydrogen (secondary N) is 1. The maximum Gasteiger partial charge on any atom is 0.319 e. The standard InChI is InChI=1S/C5H5N3O3/c6-5(10)7-4(9)3-1-2-11-8-3/h1-2H,(H3,6,7,9,10). The molecule has 0 fully saturated rings. The number of nitrogens with zero attached hydrogens (tertiary/aromatic N) is 1. The number of amides is 3. The van der Waals surface area contributed by atoms with Gasteiger partial charge in [0.1, 0.15) is 6.26 Å². The van der Waals surface area contributed by atoms with E-state index >= 15 is 0 Å². The van der Waals surface area contributed by atoms with Crippen LogP contribution in [0.4, 0.5) is 4.79 Å². The second-order valence-corrected chi connectivity index (χ2v) is 1.70. The number of imide groups is 1. The largest absolute Gasteiger partial charge is 0.364 e. The fraction of sp³-hybridized carbons (Fsp3) is 0. The molecule has 0 unspecified atom stereocenters. The summed E-state index contributed by atoms with van der Waals surface area (Å²) >= 11 is 0. The second kappa shape index (κ2) is 2.82. The van der Waals surface area contributed by atoms with Gasteiger partial charge in [0.05, 0.1) is 0 Å². The van der Waals surface area contributed by atoms with Crippen LogP contribution >= 0.6 is 0 Å². The highest BCUT2D eigenvalue weighted by Gasteiger charge is 2.09. The third-order valence-corrected chi connectivity index (χ3v) is 0.907. The van der Waals surface area contributed by atoms with Crippen LogP contribution in [0.5, 0.6) is 0 Å². The Labute approximate surface area is 61.3 Å². The van der Waals surface area contributed by atoms with Crippen LogP contribution in [0.2, 0.25) is 0 Å². The molecular formula is C5H5N3O3. The van der Waals surface area contributed by atoms with Crippen LogP contribution in [0.15, 0.2) is 16.9 Å². The SMILES string of the molecule is NC(=O)NC(=O)c1ccon1. The first-order valence-electron chi connectivity index (χ1n) is 2.71. The molecule has 0 bridgehead atoms. The Morgan fingerprint density at radius 2 is 2.36 bits per heavy atom. The van der Waals surface area contributed by atoms with E-state index in [1.807, 2.05) is 5.32 Å². The quantitative estimate of drug-likeness (QED) is 0.570. The minimum absolute atomic E-state index is 0.0174. The number of carbonyl (C=O) groups excluding carboxylic acids is 2. The van der Waals surface area contributed by atoms with Crippen molar-refractivity contribution in [2.45, 2.75) is 0 Å². The minimum atomic E-state index is -0.919. The Morgan fingerprint density at radius 3 is 2.82 bits per heavy atom. The molecule has 1 aromatic rings. The number of primary amides is 1. The topological polar surface area (TPSA) is 98.2 Å². The van der Waals surface area contributed by atoms with E-state index in [0.717, 1.165) is 0 Å². The Hall–Kier alpha value is -1.85. The number of urea groups is 1. The van der Waals surface area contributed by atoms with Crippen LogP contribution in [-0.2, 0) is 0 Å². The van der Waals surface area contributed by atoms with Crippen LogP contribution in [-0.4, -0.2) is 17.1 Å². The van der Waals surface area contributed by atoms with Crippen LogP contribution < -0.4 is 11.1 Å². The summed E-state index contributed by atoms with van der Waals surface area (Å²) < 4.78 is 4.35. The zero-order chi connectivity index (χ0) is 8.27. The fourth-order valence-corrected chi connectivity index (χ4v) is 0.506. The summed E-state index contributed by atoms with van der Waals surface area (Å²) in [5.41, 5.74) is 4.69. The summed E-state index contributed by atoms with van der Waals surface area (Å²) in [6.07, 6.45) is 1.22. The van der Waals surface area contributed by atoms with E-state index in [2.05, 4.69) is 15.4 Å². The Kier molecular flexibility index (Phi) is 1.86. The molecular weight excluding hydrogens is 150 g/mol. The van der Waals surface area contributed by atoms with Gasteiger partial charge in [-0.15, -0.1) is 0 Å². The summed E-state index contributed by atoms with van der Waals surface area (Å²) in [5, 5.41) is 5.10. The first kappa shape index (κ1) is 7.26. The van der Waals surface area contributed by atoms with Crippen LogP contribution in [0, 0.1) is 0 Å². The van der Waals surface area contributed by atoms with E-state index in [1.165, 1.54) is 12.3 Å². The van der Waals surface area contributed by atoms with Gasteiger partial charge >= 0.3 is 6.03 Å². The Morgan fingerprint density at radius 1 is 1.64 bits per heavy atom. The minimum Gasteiger partial charge on any atom is -0.364 e. The Bertz CT molecular complexity index is 267. The molecule has 0 spiro atoms. The van der Waals surface area contributed by atoms with Crippen molar-refractivity contribution in [2.75, 3.05) is 0 Å². The molecule has 0 saturated heterocycles. The highest BCUT2D eigenvalue weighted by Crippen LogP contribution is 1.92. The van der Waals surface area contributed by atoms with Crippen molar-refractivity contribution in [3.05, 3.63) is 18.0 Å². The summed E-state index contributed by atoms with van der Waals surface area (Å²) in [4.78, 5) is 20.9. The van der Waals surface area contributed by atoms with Gasteiger partial charge in [0.25, 0.3) is 5.91 Å². The number of carbonyl (C=O) groups is 2. The van der Waals surface area contributed by atoms with E-state index < -0.39 is 11.9 Å². The number of hydrogen-bond acceptors (Lipinski definition) is 4. The summed E-state index contributed by atoms with van der Waals surface area (Å²) in [7, 11) is 0. The lowest BCUT2D eigenvalue weighted by Crippen LogP contribution is -2.35. The molecule has 11 heavy (non-hydrogen) atoms. The summed E-state index contributed by atoms with van der Waals surface area (Å²) in [6, 6.07) is 0.399. The molecule has 3 amide bonds. The van der Waals surface area contributed by atoms with Gasteiger partial charge in [0.15, 0.2) is 5.69 Å². The predicted molar refractivity (Wildman–Crippen MR) is 33.6 cm³/mol. The maximum atomic E-state index is 10.8. The Balaban J connectivity index is 2.64. The van der Waals surface area contributed by atoms with Gasteiger partial charge in [-0.1, -0.05) is 5.16 Å². The molecule has 0 aliphatic heterocycles. The first-order chi connectivity index (χ1) is 5.20. The lowest BCUT2D eigenvalue weighted by atomic mass is 10.4. The van der Waals surface area contributed by atoms with Gasteiger partial charge < -0.3 is 10.3 Å². The van der Waals surface area contributed by atoms with E-state index in [-0.39, 0.29) is 5.69 Å². The van der Waals surface area contributed by atoms with E-state index in [0.29, 0.717) is 0 Å². The van der Waals surface area contributed by atoms with Crippen molar-refractivity contribution < 1.29 is 14.1 Å². The molecule has 6 nitrogen and oxygen atoms in total. The van der Waals surface area contributed by atoms with Gasteiger partial charge in [0, 0.05) is 6.07 Å². The van der Waals surface area contributed by atoms with Crippen LogP contribution in [0.25, 0.3) is 0 Å². The lowest BCUT2D eigenvalue weighted by molar-refractivity contribution is 0.0957. The van der Waals surface area contributed by atoms with Gasteiger partial charge in [-0.25, -0.2) is 4.79 Å². The normalized spacial score (nSPS) is 9.09. The van der Waals surface area contributed by atoms with Crippen molar-refractivity contribution in [2.24, 2.45) is 5.73 Å². The van der Waals surface area contributed by atoms with E-state index in [9.17, 15) is 9.59 Å². The van der Waals surface area contributed by atoms with Gasteiger partial charge in [-0.2, -0.15) is 0 Å². The van der Waals surface area contributed by atoms with Gasteiger partial charge in [-0.05, 0) is 0 Å². The summed E-state index contributed by atoms with van der Waals surface area (Å²) in [5.74, 6) is -0.675. The lowest BCUT2D eigenvalue weighted by Gasteiger charge is -1.92. The molecule has 1 aromatic heterocycles. The number of rotatable bonds is 1. The molecule has 0 saturated carbocycles.